The van der Waals surface area contributed by atoms with Crippen molar-refractivity contribution < 1.29 is 5.39 Å². The van der Waals surface area contributed by atoms with Gasteiger partial charge in [0.05, 0.1) is 5.39 Å². The van der Waals surface area contributed by atoms with Crippen molar-refractivity contribution in [2.45, 2.75) is 6.92 Å². The number of benzene rings is 1. The summed E-state index contributed by atoms with van der Waals surface area (Å²) in [5.74, 6) is 0. The molecular formula is C8H14N3+. The van der Waals surface area contributed by atoms with Gasteiger partial charge in [-0.15, -0.1) is 0 Å². The molecule has 0 radical (unpaired) electrons. The molecule has 3 N–H and O–H groups in total. The molecule has 0 spiro atoms. The molecule has 0 amide bonds. The lowest BCUT2D eigenvalue weighted by Crippen LogP contribution is -2.11. The second-order valence-corrected chi connectivity index (χ2v) is 1.56. The van der Waals surface area contributed by atoms with Crippen LogP contribution in [-0.4, -0.2) is 6.54 Å². The quantitative estimate of drug-likeness (QED) is 0.511. The molecule has 0 unspecified atom stereocenters. The Kier molecular flexibility index (Phi) is 17.7. The Morgan fingerprint density at radius 2 is 1.09 bits per heavy atom. The molecule has 60 valence electrons. The first-order valence-electron chi connectivity index (χ1n) is 3.34. The van der Waals surface area contributed by atoms with E-state index in [4.69, 9.17) is 16.5 Å². The summed E-state index contributed by atoms with van der Waals surface area (Å²) in [6, 6.07) is 12.0. The number of nitrogens with zero attached hydrogens (tertiary/aromatic N) is 1. The third-order valence-corrected chi connectivity index (χ3v) is 0.667. The van der Waals surface area contributed by atoms with Crippen LogP contribution in [0.3, 0.4) is 0 Å². The molecule has 0 saturated heterocycles. The second kappa shape index (κ2) is 15.8. The fraction of sp³-hybridized carbons (Fsp3) is 0.250. The van der Waals surface area contributed by atoms with Crippen molar-refractivity contribution in [1.82, 2.24) is 0 Å². The van der Waals surface area contributed by atoms with Gasteiger partial charge in [-0.2, -0.15) is 0 Å². The molecule has 1 aromatic carbocycles. The summed E-state index contributed by atoms with van der Waals surface area (Å²) in [4.78, 5) is 0. The number of hydrogen-bond acceptors (Lipinski definition) is 2. The lowest BCUT2D eigenvalue weighted by molar-refractivity contribution is -0.175. The molecule has 1 rings (SSSR count). The van der Waals surface area contributed by atoms with E-state index in [-0.39, 0.29) is 0 Å². The van der Waals surface area contributed by atoms with E-state index in [1.165, 1.54) is 0 Å². The highest BCUT2D eigenvalue weighted by molar-refractivity contribution is 4.99. The molecule has 0 aliphatic rings. The van der Waals surface area contributed by atoms with Crippen LogP contribution in [0.4, 0.5) is 0 Å². The Balaban J connectivity index is 0. The number of nitrogens with one attached hydrogen (secondary N) is 1. The number of rotatable bonds is 0. The molecule has 0 aliphatic carbocycles. The summed E-state index contributed by atoms with van der Waals surface area (Å²) < 4.78 is 0. The maximum Gasteiger partial charge on any atom is 0.212 e. The first-order chi connectivity index (χ1) is 5.41. The van der Waals surface area contributed by atoms with Gasteiger partial charge in [-0.25, -0.2) is 0 Å². The van der Waals surface area contributed by atoms with Crippen LogP contribution in [0.25, 0.3) is 0 Å². The third-order valence-electron chi connectivity index (χ3n) is 0.667. The highest BCUT2D eigenvalue weighted by Crippen LogP contribution is 1.79. The molecule has 11 heavy (non-hydrogen) atoms. The smallest absolute Gasteiger partial charge is 0.212 e. The summed E-state index contributed by atoms with van der Waals surface area (Å²) >= 11 is 0. The largest absolute Gasteiger partial charge is 0.331 e. The summed E-state index contributed by atoms with van der Waals surface area (Å²) in [6.07, 6.45) is 0. The minimum atomic E-state index is 0.750. The molecule has 0 aliphatic heterocycles. The number of diazo groups is 1. The summed E-state index contributed by atoms with van der Waals surface area (Å²) in [6.45, 7) is 2.65. The van der Waals surface area contributed by atoms with Crippen molar-refractivity contribution in [2.24, 2.45) is 5.73 Å². The Labute approximate surface area is 67.3 Å². The van der Waals surface area contributed by atoms with Crippen molar-refractivity contribution in [1.29, 1.82) is 5.39 Å². The first-order valence-corrected chi connectivity index (χ1v) is 3.34. The van der Waals surface area contributed by atoms with Crippen molar-refractivity contribution in [3.05, 3.63) is 36.4 Å². The maximum absolute atomic E-state index is 6.25. The summed E-state index contributed by atoms with van der Waals surface area (Å²) in [5, 5.41) is 11.0. The average Bonchev–Trinajstić information content (AvgIpc) is 2.12. The van der Waals surface area contributed by atoms with Gasteiger partial charge in [-0.3, -0.25) is 0 Å². The molecule has 0 aromatic heterocycles. The van der Waals surface area contributed by atoms with Crippen LogP contribution in [0, 0.1) is 5.39 Å². The van der Waals surface area contributed by atoms with Crippen LogP contribution in [0.2, 0.25) is 0 Å². The molecule has 0 fully saturated rings. The van der Waals surface area contributed by atoms with Gasteiger partial charge < -0.3 is 5.73 Å². The van der Waals surface area contributed by atoms with Gasteiger partial charge in [0, 0.05) is 0 Å². The highest BCUT2D eigenvalue weighted by Gasteiger charge is 1.57. The zero-order valence-electron chi connectivity index (χ0n) is 6.70. The predicted molar refractivity (Wildman–Crippen MR) is 43.9 cm³/mol. The zero-order chi connectivity index (χ0) is 8.95. The molecule has 0 heterocycles. The van der Waals surface area contributed by atoms with Gasteiger partial charge >= 0.3 is 0 Å². The minimum Gasteiger partial charge on any atom is -0.331 e. The Morgan fingerprint density at radius 3 is 1.18 bits per heavy atom. The van der Waals surface area contributed by atoms with Crippen LogP contribution < -0.4 is 11.1 Å². The Bertz CT molecular complexity index is 121. The van der Waals surface area contributed by atoms with E-state index in [2.05, 4.69) is 0 Å². The van der Waals surface area contributed by atoms with Crippen molar-refractivity contribution in [2.75, 3.05) is 6.54 Å². The van der Waals surface area contributed by atoms with Crippen LogP contribution >= 0.6 is 0 Å². The predicted octanol–water partition coefficient (Wildman–Crippen LogP) is -0.0691. The van der Waals surface area contributed by atoms with Gasteiger partial charge in [-0.1, -0.05) is 43.3 Å². The van der Waals surface area contributed by atoms with Crippen molar-refractivity contribution >= 4 is 0 Å². The Morgan fingerprint density at radius 1 is 1.00 bits per heavy atom. The van der Waals surface area contributed by atoms with Gasteiger partial charge in [0.1, 0.15) is 0 Å². The van der Waals surface area contributed by atoms with E-state index < -0.39 is 0 Å². The Hall–Kier alpha value is -1.40. The summed E-state index contributed by atoms with van der Waals surface area (Å²) in [5.41, 5.74) is 4.85. The lowest BCUT2D eigenvalue weighted by Gasteiger charge is -1.69. The molecule has 0 atom stereocenters. The monoisotopic (exact) mass is 152 g/mol. The molecular weight excluding hydrogens is 138 g/mol. The van der Waals surface area contributed by atoms with Crippen LogP contribution in [0.5, 0.6) is 0 Å². The summed E-state index contributed by atoms with van der Waals surface area (Å²) in [7, 11) is 0. The van der Waals surface area contributed by atoms with Crippen molar-refractivity contribution in [3.63, 3.8) is 0 Å². The van der Waals surface area contributed by atoms with Crippen LogP contribution in [0.15, 0.2) is 36.4 Å². The van der Waals surface area contributed by atoms with E-state index in [0.717, 1.165) is 6.54 Å². The maximum atomic E-state index is 6.25. The van der Waals surface area contributed by atoms with E-state index in [9.17, 15) is 0 Å². The van der Waals surface area contributed by atoms with E-state index in [1.807, 2.05) is 43.3 Å². The fourth-order valence-corrected chi connectivity index (χ4v) is 0.385. The zero-order valence-corrected chi connectivity index (χ0v) is 6.70. The van der Waals surface area contributed by atoms with Crippen molar-refractivity contribution in [3.8, 4) is 0 Å². The molecule has 0 bridgehead atoms. The first kappa shape index (κ1) is 12.3. The molecule has 3 nitrogen and oxygen atoms in total. The minimum absolute atomic E-state index is 0.750. The number of hydrogen-bond donors (Lipinski definition) is 2. The van der Waals surface area contributed by atoms with Crippen LogP contribution in [0.1, 0.15) is 6.92 Å². The second-order valence-electron chi connectivity index (χ2n) is 1.56. The average molecular weight is 152 g/mol. The van der Waals surface area contributed by atoms with Gasteiger partial charge in [0.15, 0.2) is 0 Å². The molecule has 1 aromatic rings. The molecule has 0 saturated carbocycles. The SMILES string of the molecule is CCN.N#[NH+].c1ccccc1. The highest BCUT2D eigenvalue weighted by atomic mass is 14.6. The van der Waals surface area contributed by atoms with E-state index >= 15 is 0 Å². The van der Waals surface area contributed by atoms with Gasteiger partial charge in [0.2, 0.25) is 5.39 Å². The normalized spacial score (nSPS) is 6.18. The topological polar surface area (TPSA) is 73.6 Å². The molecule has 3 heteroatoms. The van der Waals surface area contributed by atoms with E-state index in [1.54, 1.807) is 0 Å². The fourth-order valence-electron chi connectivity index (χ4n) is 0.385. The lowest BCUT2D eigenvalue weighted by atomic mass is 10.4. The van der Waals surface area contributed by atoms with E-state index in [0.29, 0.717) is 0 Å². The third kappa shape index (κ3) is 17.7. The number of nitrogens with two attached hydrogens (primary N) is 1. The standard InChI is InChI=1S/C6H6.C2H7N.N2/c1-2-4-6-5-3-1;1-2-3;1-2/h1-6H;2-3H2,1H3;/p+1. The van der Waals surface area contributed by atoms with Gasteiger partial charge in [0.25, 0.3) is 0 Å². The van der Waals surface area contributed by atoms with Crippen LogP contribution in [-0.2, 0) is 0 Å². The van der Waals surface area contributed by atoms with Gasteiger partial charge in [-0.05, 0) is 6.54 Å².